The summed E-state index contributed by atoms with van der Waals surface area (Å²) in [6.45, 7) is 2.18. The Balaban J connectivity index is 1.70. The molecule has 1 N–H and O–H groups in total. The fourth-order valence-corrected chi connectivity index (χ4v) is 3.73. The van der Waals surface area contributed by atoms with Crippen molar-refractivity contribution in [2.75, 3.05) is 6.54 Å². The molecule has 35 heavy (non-hydrogen) atoms. The molecule has 2 heterocycles. The van der Waals surface area contributed by atoms with Crippen LogP contribution >= 0.6 is 15.9 Å². The van der Waals surface area contributed by atoms with Crippen LogP contribution in [-0.2, 0) is 11.2 Å². The predicted octanol–water partition coefficient (Wildman–Crippen LogP) is 4.82. The van der Waals surface area contributed by atoms with Gasteiger partial charge in [0.15, 0.2) is 0 Å². The van der Waals surface area contributed by atoms with Crippen LogP contribution in [0.3, 0.4) is 0 Å². The van der Waals surface area contributed by atoms with Crippen molar-refractivity contribution in [2.45, 2.75) is 13.3 Å². The summed E-state index contributed by atoms with van der Waals surface area (Å²) in [5.41, 5.74) is 1.60. The molecule has 4 aromatic rings. The number of nitrogens with zero attached hydrogens (tertiary/aromatic N) is 3. The van der Waals surface area contributed by atoms with Crippen molar-refractivity contribution in [1.29, 1.82) is 5.26 Å². The second kappa shape index (κ2) is 10.8. The number of aromatic nitrogens is 2. The van der Waals surface area contributed by atoms with Gasteiger partial charge >= 0.3 is 0 Å². The number of halogens is 1. The zero-order valence-corrected chi connectivity index (χ0v) is 20.5. The molecular formula is C27H21BrN4O3. The molecular weight excluding hydrogens is 508 g/mol. The largest absolute Gasteiger partial charge is 0.438 e. The van der Waals surface area contributed by atoms with Crippen LogP contribution in [0.2, 0.25) is 0 Å². The molecule has 0 aliphatic rings. The highest BCUT2D eigenvalue weighted by molar-refractivity contribution is 9.10. The smallest absolute Gasteiger partial charge is 0.269 e. The van der Waals surface area contributed by atoms with Gasteiger partial charge in [-0.1, -0.05) is 52.3 Å². The van der Waals surface area contributed by atoms with Crippen LogP contribution in [0, 0.1) is 18.3 Å². The number of nitrogens with one attached hydrogen (secondary N) is 1. The molecule has 8 heteroatoms. The average molecular weight is 529 g/mol. The van der Waals surface area contributed by atoms with Gasteiger partial charge in [0.25, 0.3) is 11.5 Å². The van der Waals surface area contributed by atoms with Crippen LogP contribution < -0.4 is 15.6 Å². The van der Waals surface area contributed by atoms with E-state index in [1.54, 1.807) is 36.5 Å². The quantitative estimate of drug-likeness (QED) is 0.274. The van der Waals surface area contributed by atoms with E-state index in [1.807, 2.05) is 49.4 Å². The summed E-state index contributed by atoms with van der Waals surface area (Å²) >= 11 is 3.38. The minimum atomic E-state index is -0.577. The van der Waals surface area contributed by atoms with Crippen molar-refractivity contribution in [1.82, 2.24) is 14.7 Å². The minimum Gasteiger partial charge on any atom is -0.438 e. The summed E-state index contributed by atoms with van der Waals surface area (Å²) in [4.78, 5) is 30.6. The zero-order valence-electron chi connectivity index (χ0n) is 18.9. The molecule has 2 aromatic heterocycles. The highest BCUT2D eigenvalue weighted by Crippen LogP contribution is 2.26. The summed E-state index contributed by atoms with van der Waals surface area (Å²) in [6, 6.07) is 22.2. The number of carbonyl (C=O) groups excluding carboxylic acids is 1. The van der Waals surface area contributed by atoms with Crippen molar-refractivity contribution < 1.29 is 9.53 Å². The molecule has 0 fully saturated rings. The summed E-state index contributed by atoms with van der Waals surface area (Å²) < 4.78 is 8.18. The predicted molar refractivity (Wildman–Crippen MR) is 137 cm³/mol. The maximum absolute atomic E-state index is 13.4. The lowest BCUT2D eigenvalue weighted by Crippen LogP contribution is -2.27. The van der Waals surface area contributed by atoms with E-state index in [1.165, 1.54) is 10.5 Å². The molecule has 0 atom stereocenters. The number of carbonyl (C=O) groups is 1. The molecule has 0 unspecified atom stereocenters. The lowest BCUT2D eigenvalue weighted by molar-refractivity contribution is -0.117. The fourth-order valence-electron chi connectivity index (χ4n) is 3.46. The van der Waals surface area contributed by atoms with Gasteiger partial charge in [-0.25, -0.2) is 0 Å². The number of hydrogen-bond acceptors (Lipinski definition) is 5. The number of hydrogen-bond donors (Lipinski definition) is 1. The Hall–Kier alpha value is -4.22. The van der Waals surface area contributed by atoms with Crippen LogP contribution in [0.25, 0.3) is 11.7 Å². The van der Waals surface area contributed by atoms with Gasteiger partial charge in [0.2, 0.25) is 5.88 Å². The van der Waals surface area contributed by atoms with E-state index in [0.717, 1.165) is 15.6 Å². The summed E-state index contributed by atoms with van der Waals surface area (Å²) in [5, 5.41) is 12.4. The fraction of sp³-hybridized carbons (Fsp3) is 0.111. The Bertz CT molecular complexity index is 1500. The Labute approximate surface area is 210 Å². The Kier molecular flexibility index (Phi) is 7.38. The number of amides is 1. The highest BCUT2D eigenvalue weighted by Gasteiger charge is 2.18. The van der Waals surface area contributed by atoms with E-state index in [4.69, 9.17) is 4.74 Å². The SMILES string of the molecule is Cc1cccn2c(=O)c(/C=C(\C#N)C(=O)NCCc3ccccc3)c(Oc3ccc(Br)cc3)nc12. The first kappa shape index (κ1) is 23.9. The third-order valence-electron chi connectivity index (χ3n) is 5.27. The first-order valence-corrected chi connectivity index (χ1v) is 11.6. The standard InChI is InChI=1S/C27H21BrN4O3/c1-18-6-5-15-32-24(18)31-26(35-22-11-9-21(28)10-12-22)23(27(32)34)16-20(17-29)25(33)30-14-13-19-7-3-2-4-8-19/h2-12,15-16H,13-14H2,1H3,(H,30,33)/b20-16+. The number of nitriles is 1. The van der Waals surface area contributed by atoms with E-state index in [9.17, 15) is 14.9 Å². The molecule has 2 aromatic carbocycles. The van der Waals surface area contributed by atoms with Crippen LogP contribution in [0.4, 0.5) is 0 Å². The van der Waals surface area contributed by atoms with Crippen molar-refractivity contribution in [2.24, 2.45) is 0 Å². The van der Waals surface area contributed by atoms with Crippen LogP contribution in [0.5, 0.6) is 11.6 Å². The molecule has 1 amide bonds. The van der Waals surface area contributed by atoms with Gasteiger partial charge in [0.1, 0.15) is 28.6 Å². The van der Waals surface area contributed by atoms with E-state index >= 15 is 0 Å². The lowest BCUT2D eigenvalue weighted by atomic mass is 10.1. The summed E-state index contributed by atoms with van der Waals surface area (Å²) in [5.74, 6) is -0.110. The molecule has 0 aliphatic carbocycles. The first-order valence-electron chi connectivity index (χ1n) is 10.9. The highest BCUT2D eigenvalue weighted by atomic mass is 79.9. The number of pyridine rings is 1. The van der Waals surface area contributed by atoms with Crippen LogP contribution in [-0.4, -0.2) is 21.8 Å². The van der Waals surface area contributed by atoms with Gasteiger partial charge in [-0.3, -0.25) is 14.0 Å². The average Bonchev–Trinajstić information content (AvgIpc) is 2.86. The molecule has 4 rings (SSSR count). The van der Waals surface area contributed by atoms with Gasteiger partial charge in [0.05, 0.1) is 0 Å². The van der Waals surface area contributed by atoms with E-state index in [0.29, 0.717) is 24.4 Å². The third-order valence-corrected chi connectivity index (χ3v) is 5.80. The van der Waals surface area contributed by atoms with Gasteiger partial charge in [0, 0.05) is 17.2 Å². The molecule has 7 nitrogen and oxygen atoms in total. The minimum absolute atomic E-state index is 0.00535. The number of rotatable bonds is 7. The Morgan fingerprint density at radius 1 is 1.14 bits per heavy atom. The van der Waals surface area contributed by atoms with E-state index in [-0.39, 0.29) is 17.0 Å². The molecule has 0 spiro atoms. The zero-order chi connectivity index (χ0) is 24.8. The van der Waals surface area contributed by atoms with Crippen molar-refractivity contribution >= 4 is 33.6 Å². The number of aryl methyl sites for hydroxylation is 1. The normalized spacial score (nSPS) is 11.2. The number of ether oxygens (including phenoxy) is 1. The van der Waals surface area contributed by atoms with Gasteiger partial charge in [-0.05, 0) is 60.9 Å². The lowest BCUT2D eigenvalue weighted by Gasteiger charge is -2.11. The molecule has 0 saturated heterocycles. The Morgan fingerprint density at radius 2 is 1.89 bits per heavy atom. The monoisotopic (exact) mass is 528 g/mol. The second-order valence-electron chi connectivity index (χ2n) is 7.74. The maximum atomic E-state index is 13.4. The summed E-state index contributed by atoms with van der Waals surface area (Å²) in [6.07, 6.45) is 3.43. The molecule has 174 valence electrons. The third kappa shape index (κ3) is 5.65. The van der Waals surface area contributed by atoms with Gasteiger partial charge in [-0.15, -0.1) is 0 Å². The van der Waals surface area contributed by atoms with Crippen LogP contribution in [0.15, 0.2) is 87.8 Å². The van der Waals surface area contributed by atoms with E-state index < -0.39 is 11.5 Å². The Morgan fingerprint density at radius 3 is 2.60 bits per heavy atom. The van der Waals surface area contributed by atoms with Crippen molar-refractivity contribution in [3.8, 4) is 17.7 Å². The molecule has 0 radical (unpaired) electrons. The molecule has 0 aliphatic heterocycles. The van der Waals surface area contributed by atoms with Gasteiger partial charge in [-0.2, -0.15) is 10.2 Å². The maximum Gasteiger partial charge on any atom is 0.269 e. The van der Waals surface area contributed by atoms with E-state index in [2.05, 4.69) is 26.2 Å². The molecule has 0 bridgehead atoms. The first-order chi connectivity index (χ1) is 17.0. The molecule has 0 saturated carbocycles. The number of fused-ring (bicyclic) bond motifs is 1. The topological polar surface area (TPSA) is 96.5 Å². The second-order valence-corrected chi connectivity index (χ2v) is 8.65. The van der Waals surface area contributed by atoms with Crippen molar-refractivity contribution in [3.05, 3.63) is 110 Å². The van der Waals surface area contributed by atoms with Crippen molar-refractivity contribution in [3.63, 3.8) is 0 Å². The number of benzene rings is 2. The van der Waals surface area contributed by atoms with Gasteiger partial charge < -0.3 is 10.1 Å². The van der Waals surface area contributed by atoms with Crippen LogP contribution in [0.1, 0.15) is 16.7 Å². The summed E-state index contributed by atoms with van der Waals surface area (Å²) in [7, 11) is 0.